The number of carbonyl (C=O) groups is 1. The highest BCUT2D eigenvalue weighted by Crippen LogP contribution is 2.24. The topological polar surface area (TPSA) is 26.3 Å². The minimum absolute atomic E-state index is 0.202. The van der Waals surface area contributed by atoms with Crippen LogP contribution in [-0.4, -0.2) is 12.4 Å². The lowest BCUT2D eigenvalue weighted by Gasteiger charge is -2.07. The van der Waals surface area contributed by atoms with Gasteiger partial charge >= 0.3 is 0 Å². The smallest absolute Gasteiger partial charge is 0.164 e. The van der Waals surface area contributed by atoms with E-state index >= 15 is 0 Å². The Hall–Kier alpha value is -0.830. The van der Waals surface area contributed by atoms with Crippen molar-refractivity contribution < 1.29 is 9.53 Å². The van der Waals surface area contributed by atoms with E-state index in [1.807, 2.05) is 25.1 Å². The summed E-state index contributed by atoms with van der Waals surface area (Å²) in [5.74, 6) is 0.998. The molecule has 2 nitrogen and oxygen atoms in total. The molecule has 94 valence electrons. The molecule has 0 aromatic heterocycles. The van der Waals surface area contributed by atoms with Crippen LogP contribution in [0, 0.1) is 0 Å². The van der Waals surface area contributed by atoms with Crippen LogP contribution in [-0.2, 0) is 0 Å². The number of ether oxygens (including phenoxy) is 1. The van der Waals surface area contributed by atoms with Gasteiger partial charge in [0.1, 0.15) is 5.75 Å². The Balaban J connectivity index is 2.67. The zero-order chi connectivity index (χ0) is 12.7. The normalized spacial score (nSPS) is 10.3. The van der Waals surface area contributed by atoms with Crippen LogP contribution < -0.4 is 4.74 Å². The monoisotopic (exact) mass is 298 g/mol. The molecule has 3 heteroatoms. The Morgan fingerprint density at radius 3 is 2.65 bits per heavy atom. The van der Waals surface area contributed by atoms with Crippen molar-refractivity contribution >= 4 is 21.7 Å². The second-order valence-electron chi connectivity index (χ2n) is 3.95. The zero-order valence-corrected chi connectivity index (χ0v) is 12.0. The summed E-state index contributed by atoms with van der Waals surface area (Å²) in [7, 11) is 0. The molecule has 0 radical (unpaired) electrons. The van der Waals surface area contributed by atoms with Crippen molar-refractivity contribution in [2.24, 2.45) is 0 Å². The van der Waals surface area contributed by atoms with E-state index in [9.17, 15) is 4.79 Å². The molecule has 1 rings (SSSR count). The predicted octanol–water partition coefficient (Wildman–Crippen LogP) is 4.61. The van der Waals surface area contributed by atoms with Crippen molar-refractivity contribution in [1.82, 2.24) is 0 Å². The molecule has 0 unspecified atom stereocenters. The van der Waals surface area contributed by atoms with Crippen molar-refractivity contribution in [2.45, 2.75) is 39.5 Å². The van der Waals surface area contributed by atoms with Gasteiger partial charge in [-0.3, -0.25) is 4.79 Å². The molecule has 0 amide bonds. The van der Waals surface area contributed by atoms with Gasteiger partial charge in [-0.1, -0.05) is 19.8 Å². The van der Waals surface area contributed by atoms with E-state index in [1.165, 1.54) is 0 Å². The molecule has 1 aromatic rings. The van der Waals surface area contributed by atoms with Crippen LogP contribution in [0.5, 0.6) is 5.75 Å². The van der Waals surface area contributed by atoms with Crippen LogP contribution in [0.2, 0.25) is 0 Å². The molecule has 0 aliphatic carbocycles. The van der Waals surface area contributed by atoms with Crippen LogP contribution in [0.15, 0.2) is 22.7 Å². The molecule has 0 N–H and O–H groups in total. The van der Waals surface area contributed by atoms with E-state index < -0.39 is 0 Å². The summed E-state index contributed by atoms with van der Waals surface area (Å²) in [6, 6.07) is 5.54. The van der Waals surface area contributed by atoms with E-state index in [4.69, 9.17) is 4.74 Å². The van der Waals surface area contributed by atoms with Crippen molar-refractivity contribution in [3.63, 3.8) is 0 Å². The number of hydrogen-bond donors (Lipinski definition) is 0. The van der Waals surface area contributed by atoms with Gasteiger partial charge in [-0.25, -0.2) is 0 Å². The maximum Gasteiger partial charge on any atom is 0.164 e. The standard InChI is InChI=1S/C14H19BrO2/c1-3-5-6-7-14(16)12-9-8-11(17-4-2)10-13(12)15/h8-10H,3-7H2,1-2H3. The average Bonchev–Trinajstić information content (AvgIpc) is 2.29. The molecular weight excluding hydrogens is 280 g/mol. The molecule has 0 aliphatic heterocycles. The minimum atomic E-state index is 0.202. The van der Waals surface area contributed by atoms with Gasteiger partial charge in [0.15, 0.2) is 5.78 Å². The van der Waals surface area contributed by atoms with Gasteiger partial charge in [0.25, 0.3) is 0 Å². The number of rotatable bonds is 7. The third-order valence-electron chi connectivity index (χ3n) is 2.56. The van der Waals surface area contributed by atoms with Crippen molar-refractivity contribution in [3.05, 3.63) is 28.2 Å². The Morgan fingerprint density at radius 1 is 1.29 bits per heavy atom. The van der Waals surface area contributed by atoms with Gasteiger partial charge in [-0.15, -0.1) is 0 Å². The molecule has 0 fully saturated rings. The van der Waals surface area contributed by atoms with Crippen LogP contribution >= 0.6 is 15.9 Å². The van der Waals surface area contributed by atoms with Gasteiger partial charge in [0, 0.05) is 16.5 Å². The highest BCUT2D eigenvalue weighted by atomic mass is 79.9. The first-order valence-corrected chi connectivity index (χ1v) is 6.93. The first-order chi connectivity index (χ1) is 8.19. The maximum absolute atomic E-state index is 11.9. The number of unbranched alkanes of at least 4 members (excludes halogenated alkanes) is 2. The average molecular weight is 299 g/mol. The third-order valence-corrected chi connectivity index (χ3v) is 3.22. The molecule has 0 bridgehead atoms. The van der Waals surface area contributed by atoms with Crippen molar-refractivity contribution in [3.8, 4) is 5.75 Å². The number of halogens is 1. The van der Waals surface area contributed by atoms with Crippen molar-refractivity contribution in [2.75, 3.05) is 6.61 Å². The number of carbonyl (C=O) groups excluding carboxylic acids is 1. The summed E-state index contributed by atoms with van der Waals surface area (Å²) < 4.78 is 6.20. The summed E-state index contributed by atoms with van der Waals surface area (Å²) >= 11 is 3.43. The summed E-state index contributed by atoms with van der Waals surface area (Å²) in [6.45, 7) is 4.71. The third kappa shape index (κ3) is 4.50. The second kappa shape index (κ2) is 7.49. The first-order valence-electron chi connectivity index (χ1n) is 6.14. The molecule has 1 aromatic carbocycles. The zero-order valence-electron chi connectivity index (χ0n) is 10.5. The Bertz CT molecular complexity index is 374. The van der Waals surface area contributed by atoms with Gasteiger partial charge < -0.3 is 4.74 Å². The quantitative estimate of drug-likeness (QED) is 0.543. The molecule has 17 heavy (non-hydrogen) atoms. The van der Waals surface area contributed by atoms with Gasteiger partial charge in [0.05, 0.1) is 6.61 Å². The van der Waals surface area contributed by atoms with Crippen LogP contribution in [0.25, 0.3) is 0 Å². The molecule has 0 saturated heterocycles. The van der Waals surface area contributed by atoms with E-state index in [2.05, 4.69) is 22.9 Å². The molecule has 0 atom stereocenters. The van der Waals surface area contributed by atoms with Crippen LogP contribution in [0.3, 0.4) is 0 Å². The van der Waals surface area contributed by atoms with Gasteiger partial charge in [0.2, 0.25) is 0 Å². The van der Waals surface area contributed by atoms with Crippen molar-refractivity contribution in [1.29, 1.82) is 0 Å². The minimum Gasteiger partial charge on any atom is -0.494 e. The Morgan fingerprint density at radius 2 is 2.06 bits per heavy atom. The van der Waals surface area contributed by atoms with Crippen LogP contribution in [0.4, 0.5) is 0 Å². The molecule has 0 saturated carbocycles. The first kappa shape index (κ1) is 14.2. The van der Waals surface area contributed by atoms with E-state index in [1.54, 1.807) is 0 Å². The molecule has 0 aliphatic rings. The molecule has 0 heterocycles. The van der Waals surface area contributed by atoms with Gasteiger partial charge in [-0.05, 0) is 47.5 Å². The molecule has 0 spiro atoms. The Kier molecular flexibility index (Phi) is 6.27. The SMILES string of the molecule is CCCCCC(=O)c1ccc(OCC)cc1Br. The molecular formula is C14H19BrO2. The maximum atomic E-state index is 11.9. The van der Waals surface area contributed by atoms with Crippen LogP contribution in [0.1, 0.15) is 49.9 Å². The van der Waals surface area contributed by atoms with E-state index in [0.29, 0.717) is 13.0 Å². The lowest BCUT2D eigenvalue weighted by atomic mass is 10.0. The van der Waals surface area contributed by atoms with E-state index in [0.717, 1.165) is 35.0 Å². The number of hydrogen-bond acceptors (Lipinski definition) is 2. The fourth-order valence-electron chi connectivity index (χ4n) is 1.65. The summed E-state index contributed by atoms with van der Waals surface area (Å²) in [4.78, 5) is 11.9. The van der Waals surface area contributed by atoms with E-state index in [-0.39, 0.29) is 5.78 Å². The Labute approximate surface area is 111 Å². The summed E-state index contributed by atoms with van der Waals surface area (Å²) in [5, 5.41) is 0. The highest BCUT2D eigenvalue weighted by molar-refractivity contribution is 9.10. The number of benzene rings is 1. The highest BCUT2D eigenvalue weighted by Gasteiger charge is 2.10. The largest absolute Gasteiger partial charge is 0.494 e. The number of ketones is 1. The fraction of sp³-hybridized carbons (Fsp3) is 0.500. The number of Topliss-reactive ketones (excluding diaryl/α,β-unsaturated/α-hetero) is 1. The lowest BCUT2D eigenvalue weighted by Crippen LogP contribution is -2.01. The summed E-state index contributed by atoms with van der Waals surface area (Å²) in [5.41, 5.74) is 0.754. The fourth-order valence-corrected chi connectivity index (χ4v) is 2.23. The lowest BCUT2D eigenvalue weighted by molar-refractivity contribution is 0.0978. The second-order valence-corrected chi connectivity index (χ2v) is 4.81. The predicted molar refractivity (Wildman–Crippen MR) is 73.8 cm³/mol. The van der Waals surface area contributed by atoms with Gasteiger partial charge in [-0.2, -0.15) is 0 Å². The summed E-state index contributed by atoms with van der Waals surface area (Å²) in [6.07, 6.45) is 3.84.